The summed E-state index contributed by atoms with van der Waals surface area (Å²) in [5.41, 5.74) is 0.508. The highest BCUT2D eigenvalue weighted by Crippen LogP contribution is 2.57. The van der Waals surface area contributed by atoms with E-state index < -0.39 is 5.60 Å². The fourth-order valence-corrected chi connectivity index (χ4v) is 6.15. The van der Waals surface area contributed by atoms with Crippen molar-refractivity contribution in [1.82, 2.24) is 0 Å². The minimum absolute atomic E-state index is 0.0496. The predicted octanol–water partition coefficient (Wildman–Crippen LogP) is 5.49. The molecule has 1 aliphatic heterocycles. The van der Waals surface area contributed by atoms with Crippen LogP contribution in [0.3, 0.4) is 0 Å². The van der Waals surface area contributed by atoms with Gasteiger partial charge in [-0.05, 0) is 42.8 Å². The van der Waals surface area contributed by atoms with Gasteiger partial charge in [0.2, 0.25) is 0 Å². The molecule has 26 heavy (non-hydrogen) atoms. The molecule has 2 heterocycles. The monoisotopic (exact) mass is 366 g/mol. The number of hydrogen-bond acceptors (Lipinski definition) is 4. The highest BCUT2D eigenvalue weighted by molar-refractivity contribution is 7.10. The van der Waals surface area contributed by atoms with Gasteiger partial charge in [0.15, 0.2) is 5.78 Å². The lowest BCUT2D eigenvalue weighted by molar-refractivity contribution is -0.123. The lowest BCUT2D eigenvalue weighted by Crippen LogP contribution is -2.55. The predicted molar refractivity (Wildman–Crippen MR) is 103 cm³/mol. The molecular formula is C22H22O3S. The Labute approximate surface area is 157 Å². The van der Waals surface area contributed by atoms with Crippen molar-refractivity contribution in [3.8, 4) is 5.75 Å². The molecule has 4 heteroatoms. The van der Waals surface area contributed by atoms with Gasteiger partial charge in [-0.2, -0.15) is 0 Å². The number of thiophene rings is 1. The second-order valence-electron chi connectivity index (χ2n) is 7.67. The van der Waals surface area contributed by atoms with Gasteiger partial charge in [0.1, 0.15) is 17.1 Å². The smallest absolute Gasteiger partial charge is 0.167 e. The van der Waals surface area contributed by atoms with Gasteiger partial charge in [-0.3, -0.25) is 4.79 Å². The molecule has 3 aliphatic rings. The van der Waals surface area contributed by atoms with E-state index in [1.165, 1.54) is 4.88 Å². The number of carbonyl (C=O) groups excluding carboxylic acids is 1. The molecule has 2 aromatic rings. The lowest BCUT2D eigenvalue weighted by atomic mass is 9.61. The molecule has 3 atom stereocenters. The van der Waals surface area contributed by atoms with Gasteiger partial charge in [0.05, 0.1) is 11.1 Å². The number of aliphatic hydroxyl groups is 1. The van der Waals surface area contributed by atoms with Crippen LogP contribution in [0.25, 0.3) is 5.76 Å². The number of aliphatic hydroxyl groups excluding tert-OH is 1. The third-order valence-electron chi connectivity index (χ3n) is 6.33. The Morgan fingerprint density at radius 1 is 1.12 bits per heavy atom. The molecule has 2 saturated carbocycles. The maximum Gasteiger partial charge on any atom is 0.167 e. The van der Waals surface area contributed by atoms with Crippen LogP contribution in [0.2, 0.25) is 0 Å². The van der Waals surface area contributed by atoms with Gasteiger partial charge < -0.3 is 9.84 Å². The third-order valence-corrected chi connectivity index (χ3v) is 7.34. The first-order chi connectivity index (χ1) is 12.7. The van der Waals surface area contributed by atoms with E-state index in [4.69, 9.17) is 4.74 Å². The van der Waals surface area contributed by atoms with Crippen molar-refractivity contribution in [2.24, 2.45) is 5.92 Å². The Kier molecular flexibility index (Phi) is 3.71. The summed E-state index contributed by atoms with van der Waals surface area (Å²) in [6.07, 6.45) is 5.65. The van der Waals surface area contributed by atoms with Crippen LogP contribution in [-0.4, -0.2) is 16.5 Å². The van der Waals surface area contributed by atoms with Gasteiger partial charge in [0, 0.05) is 23.1 Å². The highest BCUT2D eigenvalue weighted by atomic mass is 32.1. The van der Waals surface area contributed by atoms with Gasteiger partial charge in [0.25, 0.3) is 0 Å². The summed E-state index contributed by atoms with van der Waals surface area (Å²) in [4.78, 5) is 14.5. The van der Waals surface area contributed by atoms with Crippen molar-refractivity contribution < 1.29 is 14.6 Å². The number of Topliss-reactive ketones (excluding diaryl/α,β-unsaturated/α-hetero) is 1. The number of carbonyl (C=O) groups is 1. The average molecular weight is 366 g/mol. The Bertz CT molecular complexity index is 883. The van der Waals surface area contributed by atoms with Crippen molar-refractivity contribution in [1.29, 1.82) is 0 Å². The molecule has 3 nitrogen and oxygen atoms in total. The van der Waals surface area contributed by atoms with Gasteiger partial charge >= 0.3 is 0 Å². The first-order valence-corrected chi connectivity index (χ1v) is 10.4. The van der Waals surface area contributed by atoms with Crippen LogP contribution in [0.5, 0.6) is 5.75 Å². The number of ether oxygens (including phenoxy) is 1. The molecule has 2 aliphatic carbocycles. The number of rotatable bonds is 1. The van der Waals surface area contributed by atoms with E-state index in [0.717, 1.165) is 32.1 Å². The molecule has 134 valence electrons. The zero-order chi connectivity index (χ0) is 17.7. The Balaban J connectivity index is 1.72. The zero-order valence-corrected chi connectivity index (χ0v) is 15.4. The molecule has 0 radical (unpaired) electrons. The van der Waals surface area contributed by atoms with E-state index in [1.807, 2.05) is 24.3 Å². The number of benzene rings is 1. The molecule has 1 spiro atoms. The van der Waals surface area contributed by atoms with E-state index >= 15 is 0 Å². The quantitative estimate of drug-likeness (QED) is 0.726. The second-order valence-corrected chi connectivity index (χ2v) is 8.65. The highest BCUT2D eigenvalue weighted by Gasteiger charge is 2.57. The van der Waals surface area contributed by atoms with Gasteiger partial charge in [-0.1, -0.05) is 31.0 Å². The normalized spacial score (nSPS) is 30.7. The van der Waals surface area contributed by atoms with Crippen LogP contribution in [0.4, 0.5) is 0 Å². The van der Waals surface area contributed by atoms with Crippen molar-refractivity contribution in [2.45, 2.75) is 50.0 Å². The third kappa shape index (κ3) is 2.21. The number of ketones is 1. The molecular weight excluding hydrogens is 344 g/mol. The lowest BCUT2D eigenvalue weighted by Gasteiger charge is -2.50. The molecule has 0 saturated heterocycles. The van der Waals surface area contributed by atoms with Crippen LogP contribution in [-0.2, 0) is 4.79 Å². The molecule has 2 fully saturated rings. The largest absolute Gasteiger partial charge is 0.507 e. The molecule has 5 rings (SSSR count). The topological polar surface area (TPSA) is 46.5 Å². The fraction of sp³-hybridized carbons (Fsp3) is 0.409. The van der Waals surface area contributed by atoms with Crippen molar-refractivity contribution in [3.63, 3.8) is 0 Å². The number of hydrogen-bond donors (Lipinski definition) is 1. The Hall–Kier alpha value is -2.07. The fourth-order valence-electron chi connectivity index (χ4n) is 5.26. The molecule has 1 aromatic heterocycles. The average Bonchev–Trinajstić information content (AvgIpc) is 3.09. The summed E-state index contributed by atoms with van der Waals surface area (Å²) in [5, 5.41) is 13.1. The summed E-state index contributed by atoms with van der Waals surface area (Å²) in [6, 6.07) is 11.8. The van der Waals surface area contributed by atoms with Gasteiger partial charge in [-0.25, -0.2) is 0 Å². The van der Waals surface area contributed by atoms with E-state index in [0.29, 0.717) is 23.3 Å². The van der Waals surface area contributed by atoms with Crippen LogP contribution < -0.4 is 4.74 Å². The number of fused-ring (bicyclic) bond motifs is 1. The van der Waals surface area contributed by atoms with Crippen LogP contribution in [0.1, 0.15) is 54.9 Å². The van der Waals surface area contributed by atoms with Crippen molar-refractivity contribution >= 4 is 22.9 Å². The summed E-state index contributed by atoms with van der Waals surface area (Å²) in [7, 11) is 0. The van der Waals surface area contributed by atoms with E-state index in [-0.39, 0.29) is 23.4 Å². The first kappa shape index (κ1) is 16.1. The van der Waals surface area contributed by atoms with Crippen LogP contribution >= 0.6 is 11.3 Å². The molecule has 1 N–H and O–H groups in total. The first-order valence-electron chi connectivity index (χ1n) is 9.49. The molecule has 0 unspecified atom stereocenters. The zero-order valence-electron chi connectivity index (χ0n) is 14.6. The molecule has 1 aromatic carbocycles. The van der Waals surface area contributed by atoms with Crippen LogP contribution in [0, 0.1) is 5.92 Å². The van der Waals surface area contributed by atoms with E-state index in [2.05, 4.69) is 17.5 Å². The number of para-hydroxylation sites is 1. The second kappa shape index (κ2) is 5.98. The maximum atomic E-state index is 13.2. The standard InChI is InChI=1S/C22H22O3S/c23-17-13-15(19-10-6-12-26-19)16-8-2-1-5-11-22(16)20(17)21(24)14-7-3-4-9-18(14)25-22/h3-4,6-7,9-10,12,15-16,24H,1-2,5,8,11,13H2/t15-,16+,22-/m0/s1. The maximum absolute atomic E-state index is 13.2. The summed E-state index contributed by atoms with van der Waals surface area (Å²) in [6.45, 7) is 0. The minimum atomic E-state index is -0.682. The van der Waals surface area contributed by atoms with Crippen LogP contribution in [0.15, 0.2) is 47.4 Å². The van der Waals surface area contributed by atoms with Crippen molar-refractivity contribution in [3.05, 3.63) is 57.8 Å². The Morgan fingerprint density at radius 3 is 2.85 bits per heavy atom. The minimum Gasteiger partial charge on any atom is -0.507 e. The van der Waals surface area contributed by atoms with Crippen molar-refractivity contribution in [2.75, 3.05) is 0 Å². The molecule has 0 bridgehead atoms. The van der Waals surface area contributed by atoms with E-state index in [9.17, 15) is 9.90 Å². The molecule has 0 amide bonds. The summed E-state index contributed by atoms with van der Waals surface area (Å²) >= 11 is 1.73. The van der Waals surface area contributed by atoms with E-state index in [1.54, 1.807) is 11.3 Å². The summed E-state index contributed by atoms with van der Waals surface area (Å²) in [5.74, 6) is 1.32. The summed E-state index contributed by atoms with van der Waals surface area (Å²) < 4.78 is 6.64. The van der Waals surface area contributed by atoms with Gasteiger partial charge in [-0.15, -0.1) is 11.3 Å². The Morgan fingerprint density at radius 2 is 2.00 bits per heavy atom. The SMILES string of the molecule is O=C1C[C@H](c2cccs2)[C@H]2CCCCC[C@]23Oc2ccccc2C(O)=C13.